The van der Waals surface area contributed by atoms with Crippen molar-refractivity contribution in [2.75, 3.05) is 0 Å². The lowest BCUT2D eigenvalue weighted by molar-refractivity contribution is -0.138. The summed E-state index contributed by atoms with van der Waals surface area (Å²) in [5.74, 6) is -1.84. The fourth-order valence-electron chi connectivity index (χ4n) is 4.91. The first-order chi connectivity index (χ1) is 18.5. The first-order valence-electron chi connectivity index (χ1n) is 12.6. The standard InChI is InChI=1S/C31H29N3O4/c35-29(32-19-24-16-9-15-23-14-7-8-17-25(23)24)26(18-21-10-3-1-4-11-21)33-30(36)27-28(31(37)38)34(27)20-22-12-5-2-6-13-22/h1-17,26-28H,18-20H2,(H,32,35)(H,33,36)(H,37,38)/t26-,27-,28-,34?/m0/s1. The van der Waals surface area contributed by atoms with Gasteiger partial charge < -0.3 is 15.7 Å². The molecule has 0 bridgehead atoms. The molecular weight excluding hydrogens is 478 g/mol. The molecule has 0 aliphatic carbocycles. The van der Waals surface area contributed by atoms with Crippen LogP contribution in [0.25, 0.3) is 10.8 Å². The molecule has 7 heteroatoms. The van der Waals surface area contributed by atoms with Crippen molar-refractivity contribution in [1.29, 1.82) is 0 Å². The number of carbonyl (C=O) groups is 3. The summed E-state index contributed by atoms with van der Waals surface area (Å²) in [4.78, 5) is 40.1. The lowest BCUT2D eigenvalue weighted by Gasteiger charge is -2.19. The molecule has 4 atom stereocenters. The first-order valence-corrected chi connectivity index (χ1v) is 12.6. The van der Waals surface area contributed by atoms with E-state index in [1.165, 1.54) is 0 Å². The van der Waals surface area contributed by atoms with E-state index in [2.05, 4.69) is 10.6 Å². The van der Waals surface area contributed by atoms with Crippen molar-refractivity contribution in [2.24, 2.45) is 0 Å². The summed E-state index contributed by atoms with van der Waals surface area (Å²) in [5, 5.41) is 17.7. The molecule has 2 amide bonds. The summed E-state index contributed by atoms with van der Waals surface area (Å²) >= 11 is 0. The average Bonchev–Trinajstić information content (AvgIpc) is 3.66. The third-order valence-corrected chi connectivity index (χ3v) is 6.90. The Bertz CT molecular complexity index is 1440. The lowest BCUT2D eigenvalue weighted by atomic mass is 10.0. The molecule has 3 N–H and O–H groups in total. The zero-order valence-corrected chi connectivity index (χ0v) is 20.8. The van der Waals surface area contributed by atoms with Crippen LogP contribution in [0.15, 0.2) is 103 Å². The molecule has 7 nitrogen and oxygen atoms in total. The summed E-state index contributed by atoms with van der Waals surface area (Å²) in [7, 11) is 0. The number of carbonyl (C=O) groups excluding carboxylic acids is 2. The molecule has 38 heavy (non-hydrogen) atoms. The molecular formula is C31H29N3O4. The Labute approximate surface area is 221 Å². The second kappa shape index (κ2) is 11.3. The Kier molecular flexibility index (Phi) is 7.47. The molecule has 4 aromatic carbocycles. The third-order valence-electron chi connectivity index (χ3n) is 6.90. The topological polar surface area (TPSA) is 98.5 Å². The number of fused-ring (bicyclic) bond motifs is 1. The second-order valence-electron chi connectivity index (χ2n) is 9.49. The van der Waals surface area contributed by atoms with Gasteiger partial charge in [0.05, 0.1) is 0 Å². The smallest absolute Gasteiger partial charge is 0.323 e. The van der Waals surface area contributed by atoms with Crippen LogP contribution < -0.4 is 10.6 Å². The van der Waals surface area contributed by atoms with Crippen molar-refractivity contribution < 1.29 is 19.5 Å². The molecule has 1 saturated heterocycles. The maximum atomic E-state index is 13.4. The minimum atomic E-state index is -1.05. The highest BCUT2D eigenvalue weighted by molar-refractivity contribution is 5.97. The van der Waals surface area contributed by atoms with E-state index in [0.29, 0.717) is 13.1 Å². The average molecular weight is 508 g/mol. The minimum absolute atomic E-state index is 0.289. The molecule has 0 spiro atoms. The van der Waals surface area contributed by atoms with Crippen molar-refractivity contribution in [3.8, 4) is 0 Å². The third kappa shape index (κ3) is 5.74. The van der Waals surface area contributed by atoms with Crippen LogP contribution >= 0.6 is 0 Å². The van der Waals surface area contributed by atoms with Crippen molar-refractivity contribution >= 4 is 28.6 Å². The van der Waals surface area contributed by atoms with Crippen LogP contribution in [0.3, 0.4) is 0 Å². The Balaban J connectivity index is 1.30. The summed E-state index contributed by atoms with van der Waals surface area (Å²) in [5.41, 5.74) is 2.79. The van der Waals surface area contributed by atoms with E-state index >= 15 is 0 Å². The Morgan fingerprint density at radius 1 is 0.763 bits per heavy atom. The fraction of sp³-hybridized carbons (Fsp3) is 0.194. The largest absolute Gasteiger partial charge is 0.480 e. The molecule has 192 valence electrons. The first kappa shape index (κ1) is 25.2. The van der Waals surface area contributed by atoms with Gasteiger partial charge in [-0.1, -0.05) is 103 Å². The van der Waals surface area contributed by atoms with Gasteiger partial charge in [0.2, 0.25) is 11.8 Å². The zero-order valence-electron chi connectivity index (χ0n) is 20.8. The van der Waals surface area contributed by atoms with E-state index in [9.17, 15) is 19.5 Å². The normalized spacial score (nSPS) is 18.9. The van der Waals surface area contributed by atoms with E-state index in [1.807, 2.05) is 103 Å². The van der Waals surface area contributed by atoms with Gasteiger partial charge in [0.1, 0.15) is 18.1 Å². The number of benzene rings is 4. The highest BCUT2D eigenvalue weighted by Gasteiger charge is 2.57. The number of hydrogen-bond donors (Lipinski definition) is 3. The number of rotatable bonds is 10. The summed E-state index contributed by atoms with van der Waals surface area (Å²) in [6.45, 7) is 0.648. The van der Waals surface area contributed by atoms with Crippen LogP contribution in [0, 0.1) is 0 Å². The highest BCUT2D eigenvalue weighted by Crippen LogP contribution is 2.31. The fourth-order valence-corrected chi connectivity index (χ4v) is 4.91. The number of amides is 2. The summed E-state index contributed by atoms with van der Waals surface area (Å²) < 4.78 is 0. The summed E-state index contributed by atoms with van der Waals surface area (Å²) in [6.07, 6.45) is 0.289. The predicted octanol–water partition coefficient (Wildman–Crippen LogP) is 3.52. The second-order valence-corrected chi connectivity index (χ2v) is 9.49. The number of nitrogens with zero attached hydrogens (tertiary/aromatic N) is 1. The van der Waals surface area contributed by atoms with Crippen LogP contribution in [0.2, 0.25) is 0 Å². The molecule has 0 radical (unpaired) electrons. The van der Waals surface area contributed by atoms with Gasteiger partial charge in [-0.25, -0.2) is 0 Å². The van der Waals surface area contributed by atoms with Crippen LogP contribution in [0.4, 0.5) is 0 Å². The van der Waals surface area contributed by atoms with Gasteiger partial charge >= 0.3 is 5.97 Å². The predicted molar refractivity (Wildman–Crippen MR) is 145 cm³/mol. The van der Waals surface area contributed by atoms with Crippen LogP contribution in [0.1, 0.15) is 16.7 Å². The van der Waals surface area contributed by atoms with Crippen LogP contribution in [-0.4, -0.2) is 45.9 Å². The van der Waals surface area contributed by atoms with E-state index < -0.39 is 30.0 Å². The quantitative estimate of drug-likeness (QED) is 0.285. The van der Waals surface area contributed by atoms with Gasteiger partial charge in [0, 0.05) is 19.5 Å². The van der Waals surface area contributed by atoms with Crippen LogP contribution in [-0.2, 0) is 33.9 Å². The van der Waals surface area contributed by atoms with Gasteiger partial charge in [0.25, 0.3) is 0 Å². The highest BCUT2D eigenvalue weighted by atomic mass is 16.4. The van der Waals surface area contributed by atoms with Gasteiger partial charge in [-0.05, 0) is 27.5 Å². The van der Waals surface area contributed by atoms with Gasteiger partial charge in [-0.15, -0.1) is 0 Å². The molecule has 1 aliphatic rings. The lowest BCUT2D eigenvalue weighted by Crippen LogP contribution is -2.49. The van der Waals surface area contributed by atoms with Crippen molar-refractivity contribution in [2.45, 2.75) is 37.6 Å². The number of hydrogen-bond acceptors (Lipinski definition) is 4. The van der Waals surface area contributed by atoms with Gasteiger partial charge in [-0.3, -0.25) is 19.3 Å². The Hall–Kier alpha value is -4.49. The van der Waals surface area contributed by atoms with Gasteiger partial charge in [-0.2, -0.15) is 0 Å². The van der Waals surface area contributed by atoms with E-state index in [-0.39, 0.29) is 12.3 Å². The molecule has 1 fully saturated rings. The number of carboxylic acids is 1. The van der Waals surface area contributed by atoms with Crippen molar-refractivity contribution in [3.05, 3.63) is 120 Å². The number of carboxylic acid groups (broad SMARTS) is 1. The molecule has 1 heterocycles. The Morgan fingerprint density at radius 2 is 1.39 bits per heavy atom. The van der Waals surface area contributed by atoms with Gasteiger partial charge in [0.15, 0.2) is 0 Å². The molecule has 0 aromatic heterocycles. The number of nitrogens with one attached hydrogen (secondary N) is 2. The van der Waals surface area contributed by atoms with E-state index in [1.54, 1.807) is 4.90 Å². The zero-order chi connectivity index (χ0) is 26.5. The van der Waals surface area contributed by atoms with Crippen molar-refractivity contribution in [3.63, 3.8) is 0 Å². The maximum Gasteiger partial charge on any atom is 0.323 e. The SMILES string of the molecule is O=C(NCc1cccc2ccccc12)[C@H](Cc1ccccc1)NC(=O)[C@@H]1[C@@H](C(=O)O)N1Cc1ccccc1. The van der Waals surface area contributed by atoms with E-state index in [0.717, 1.165) is 27.5 Å². The molecule has 1 aliphatic heterocycles. The number of aliphatic carboxylic acids is 1. The van der Waals surface area contributed by atoms with Crippen molar-refractivity contribution in [1.82, 2.24) is 15.5 Å². The minimum Gasteiger partial charge on any atom is -0.480 e. The Morgan fingerprint density at radius 3 is 2.11 bits per heavy atom. The van der Waals surface area contributed by atoms with E-state index in [4.69, 9.17) is 0 Å². The maximum absolute atomic E-state index is 13.4. The molecule has 5 rings (SSSR count). The monoisotopic (exact) mass is 507 g/mol. The van der Waals surface area contributed by atoms with Crippen LogP contribution in [0.5, 0.6) is 0 Å². The molecule has 0 saturated carbocycles. The molecule has 4 aromatic rings. The molecule has 1 unspecified atom stereocenters. The summed E-state index contributed by atoms with van der Waals surface area (Å²) in [6, 6.07) is 30.2.